The minimum absolute atomic E-state index is 0.0387. The van der Waals surface area contributed by atoms with E-state index in [0.29, 0.717) is 11.5 Å². The van der Waals surface area contributed by atoms with Gasteiger partial charge in [-0.05, 0) is 78.5 Å². The van der Waals surface area contributed by atoms with Crippen LogP contribution in [-0.4, -0.2) is 10.2 Å². The van der Waals surface area contributed by atoms with Crippen molar-refractivity contribution >= 4 is 0 Å². The van der Waals surface area contributed by atoms with Crippen LogP contribution in [0.2, 0.25) is 0 Å². The highest BCUT2D eigenvalue weighted by Crippen LogP contribution is 2.57. The molecule has 2 heteroatoms. The molecule has 1 aliphatic rings. The molecule has 3 rings (SSSR count). The van der Waals surface area contributed by atoms with Crippen molar-refractivity contribution in [3.63, 3.8) is 0 Å². The van der Waals surface area contributed by atoms with Crippen LogP contribution in [0, 0.1) is 13.8 Å². The first-order valence-electron chi connectivity index (χ1n) is 8.92. The summed E-state index contributed by atoms with van der Waals surface area (Å²) in [5.74, 6) is 0.745. The van der Waals surface area contributed by atoms with E-state index in [1.807, 2.05) is 32.0 Å². The zero-order valence-electron chi connectivity index (χ0n) is 15.4. The number of benzene rings is 2. The summed E-state index contributed by atoms with van der Waals surface area (Å²) in [5, 5.41) is 20.5. The number of aromatic hydroxyl groups is 2. The lowest BCUT2D eigenvalue weighted by atomic mass is 9.70. The quantitative estimate of drug-likeness (QED) is 0.784. The van der Waals surface area contributed by atoms with Crippen LogP contribution in [0.3, 0.4) is 0 Å². The summed E-state index contributed by atoms with van der Waals surface area (Å²) in [5.41, 5.74) is 5.51. The highest BCUT2D eigenvalue weighted by Gasteiger charge is 2.49. The fraction of sp³-hybridized carbons (Fsp3) is 0.455. The Bertz CT molecular complexity index is 793. The molecule has 0 aliphatic heterocycles. The van der Waals surface area contributed by atoms with Crippen molar-refractivity contribution in [2.75, 3.05) is 0 Å². The van der Waals surface area contributed by atoms with Crippen molar-refractivity contribution in [3.05, 3.63) is 58.1 Å². The predicted molar refractivity (Wildman–Crippen MR) is 99.0 cm³/mol. The third kappa shape index (κ3) is 2.23. The van der Waals surface area contributed by atoms with Gasteiger partial charge in [-0.25, -0.2) is 0 Å². The van der Waals surface area contributed by atoms with E-state index >= 15 is 0 Å². The summed E-state index contributed by atoms with van der Waals surface area (Å²) in [4.78, 5) is 0. The van der Waals surface area contributed by atoms with Crippen molar-refractivity contribution in [3.8, 4) is 11.5 Å². The Balaban J connectivity index is 2.30. The highest BCUT2D eigenvalue weighted by atomic mass is 16.3. The predicted octanol–water partition coefficient (Wildman–Crippen LogP) is 5.48. The smallest absolute Gasteiger partial charge is 0.118 e. The minimum Gasteiger partial charge on any atom is -0.508 e. The molecule has 2 unspecified atom stereocenters. The lowest BCUT2D eigenvalue weighted by molar-refractivity contribution is 0.357. The van der Waals surface area contributed by atoms with E-state index in [0.717, 1.165) is 30.4 Å². The van der Waals surface area contributed by atoms with Crippen LogP contribution in [0.15, 0.2) is 30.3 Å². The number of phenols is 2. The van der Waals surface area contributed by atoms with Gasteiger partial charge in [0.05, 0.1) is 0 Å². The number of hydrogen-bond acceptors (Lipinski definition) is 2. The first-order chi connectivity index (χ1) is 11.3. The molecule has 0 amide bonds. The molecule has 0 spiro atoms. The molecular weight excluding hydrogens is 296 g/mol. The van der Waals surface area contributed by atoms with Gasteiger partial charge in [0, 0.05) is 5.41 Å². The molecule has 0 bridgehead atoms. The largest absolute Gasteiger partial charge is 0.508 e. The molecule has 24 heavy (non-hydrogen) atoms. The molecule has 2 aromatic rings. The Morgan fingerprint density at radius 1 is 0.875 bits per heavy atom. The van der Waals surface area contributed by atoms with E-state index in [-0.39, 0.29) is 10.8 Å². The molecule has 2 aromatic carbocycles. The monoisotopic (exact) mass is 324 g/mol. The molecule has 0 saturated heterocycles. The summed E-state index contributed by atoms with van der Waals surface area (Å²) in [7, 11) is 0. The van der Waals surface area contributed by atoms with Crippen LogP contribution >= 0.6 is 0 Å². The Morgan fingerprint density at radius 3 is 2.12 bits per heavy atom. The van der Waals surface area contributed by atoms with Gasteiger partial charge < -0.3 is 10.2 Å². The first kappa shape index (κ1) is 16.9. The van der Waals surface area contributed by atoms with Gasteiger partial charge >= 0.3 is 0 Å². The SMILES string of the molecule is CCC1(C)CC(CC)(c2ccc(C)c(O)c2)c2cc(C)c(O)cc21. The number of aryl methyl sites for hydroxylation is 2. The van der Waals surface area contributed by atoms with Crippen LogP contribution in [0.5, 0.6) is 11.5 Å². The van der Waals surface area contributed by atoms with Crippen LogP contribution in [0.4, 0.5) is 0 Å². The topological polar surface area (TPSA) is 40.5 Å². The highest BCUT2D eigenvalue weighted by molar-refractivity contribution is 5.57. The van der Waals surface area contributed by atoms with E-state index in [1.165, 1.54) is 16.7 Å². The summed E-state index contributed by atoms with van der Waals surface area (Å²) >= 11 is 0. The minimum atomic E-state index is -0.107. The van der Waals surface area contributed by atoms with Gasteiger partial charge in [-0.2, -0.15) is 0 Å². The molecule has 1 aliphatic carbocycles. The summed E-state index contributed by atoms with van der Waals surface area (Å²) in [6.45, 7) is 10.6. The summed E-state index contributed by atoms with van der Waals surface area (Å²) in [6.07, 6.45) is 3.01. The average Bonchev–Trinajstić information content (AvgIpc) is 2.81. The van der Waals surface area contributed by atoms with E-state index in [1.54, 1.807) is 0 Å². The molecule has 0 aromatic heterocycles. The van der Waals surface area contributed by atoms with Gasteiger partial charge in [-0.3, -0.25) is 0 Å². The van der Waals surface area contributed by atoms with Crippen LogP contribution < -0.4 is 0 Å². The summed E-state index contributed by atoms with van der Waals surface area (Å²) in [6, 6.07) is 10.2. The average molecular weight is 324 g/mol. The molecule has 0 fully saturated rings. The molecule has 128 valence electrons. The zero-order chi connectivity index (χ0) is 17.7. The van der Waals surface area contributed by atoms with Crippen molar-refractivity contribution < 1.29 is 10.2 Å². The number of rotatable bonds is 3. The van der Waals surface area contributed by atoms with Crippen LogP contribution in [-0.2, 0) is 10.8 Å². The second-order valence-corrected chi connectivity index (χ2v) is 7.71. The number of fused-ring (bicyclic) bond motifs is 1. The number of hydrogen-bond donors (Lipinski definition) is 2. The van der Waals surface area contributed by atoms with Crippen molar-refractivity contribution in [1.82, 2.24) is 0 Å². The number of phenolic OH excluding ortho intramolecular Hbond substituents is 2. The molecule has 0 saturated carbocycles. The zero-order valence-corrected chi connectivity index (χ0v) is 15.4. The molecule has 2 N–H and O–H groups in total. The van der Waals surface area contributed by atoms with Gasteiger partial charge in [0.25, 0.3) is 0 Å². The first-order valence-corrected chi connectivity index (χ1v) is 8.92. The Hall–Kier alpha value is -1.96. The van der Waals surface area contributed by atoms with Crippen molar-refractivity contribution in [2.24, 2.45) is 0 Å². The molecule has 2 nitrogen and oxygen atoms in total. The third-order valence-electron chi connectivity index (χ3n) is 6.34. The molecule has 0 heterocycles. The van der Waals surface area contributed by atoms with Gasteiger partial charge in [0.15, 0.2) is 0 Å². The molecule has 2 atom stereocenters. The van der Waals surface area contributed by atoms with Gasteiger partial charge in [0.2, 0.25) is 0 Å². The maximum absolute atomic E-state index is 10.3. The maximum atomic E-state index is 10.3. The normalized spacial score (nSPS) is 25.7. The fourth-order valence-corrected chi connectivity index (χ4v) is 4.45. The van der Waals surface area contributed by atoms with Crippen LogP contribution in [0.1, 0.15) is 67.9 Å². The van der Waals surface area contributed by atoms with Crippen LogP contribution in [0.25, 0.3) is 0 Å². The van der Waals surface area contributed by atoms with E-state index in [2.05, 4.69) is 32.9 Å². The second kappa shape index (κ2) is 5.54. The van der Waals surface area contributed by atoms with E-state index < -0.39 is 0 Å². The van der Waals surface area contributed by atoms with Crippen molar-refractivity contribution in [2.45, 2.75) is 64.7 Å². The van der Waals surface area contributed by atoms with Gasteiger partial charge in [0.1, 0.15) is 11.5 Å². The molecule has 0 radical (unpaired) electrons. The Morgan fingerprint density at radius 2 is 1.54 bits per heavy atom. The molecular formula is C22H28O2. The Kier molecular flexibility index (Phi) is 3.90. The lowest BCUT2D eigenvalue weighted by Gasteiger charge is -2.33. The fourth-order valence-electron chi connectivity index (χ4n) is 4.45. The van der Waals surface area contributed by atoms with Gasteiger partial charge in [-0.1, -0.05) is 39.0 Å². The lowest BCUT2D eigenvalue weighted by Crippen LogP contribution is -2.27. The van der Waals surface area contributed by atoms with E-state index in [4.69, 9.17) is 0 Å². The van der Waals surface area contributed by atoms with Gasteiger partial charge in [-0.15, -0.1) is 0 Å². The Labute approximate surface area is 145 Å². The maximum Gasteiger partial charge on any atom is 0.118 e. The summed E-state index contributed by atoms with van der Waals surface area (Å²) < 4.78 is 0. The third-order valence-corrected chi connectivity index (χ3v) is 6.34. The second-order valence-electron chi connectivity index (χ2n) is 7.71. The standard InChI is InChI=1S/C22H28O2/c1-6-21(5)13-22(7-2,16-9-8-14(3)19(23)11-16)18-10-15(4)20(24)12-17(18)21/h8-12,23-24H,6-7,13H2,1-5H3. The van der Waals surface area contributed by atoms with E-state index in [9.17, 15) is 10.2 Å². The van der Waals surface area contributed by atoms with Crippen molar-refractivity contribution in [1.29, 1.82) is 0 Å².